The van der Waals surface area contributed by atoms with Gasteiger partial charge < -0.3 is 10.1 Å². The first kappa shape index (κ1) is 22.7. The summed E-state index contributed by atoms with van der Waals surface area (Å²) in [4.78, 5) is 35.6. The van der Waals surface area contributed by atoms with Crippen molar-refractivity contribution in [1.29, 1.82) is 0 Å². The van der Waals surface area contributed by atoms with E-state index in [1.165, 1.54) is 0 Å². The number of halogens is 2. The molecule has 0 aliphatic carbocycles. The molecule has 0 atom stereocenters. The molecule has 0 spiro atoms. The summed E-state index contributed by atoms with van der Waals surface area (Å²) in [6.45, 7) is 3.57. The summed E-state index contributed by atoms with van der Waals surface area (Å²) in [5, 5.41) is 3.30. The molecule has 7 nitrogen and oxygen atoms in total. The van der Waals surface area contributed by atoms with E-state index in [1.807, 2.05) is 32.0 Å². The Morgan fingerprint density at radius 2 is 1.66 bits per heavy atom. The highest BCUT2D eigenvalue weighted by molar-refractivity contribution is 9.10. The van der Waals surface area contributed by atoms with Crippen LogP contribution in [0, 0.1) is 13.8 Å². The summed E-state index contributed by atoms with van der Waals surface area (Å²) >= 11 is 9.11. The third-order valence-corrected chi connectivity index (χ3v) is 4.68. The van der Waals surface area contributed by atoms with Crippen molar-refractivity contribution in [2.75, 3.05) is 11.9 Å². The summed E-state index contributed by atoms with van der Waals surface area (Å²) in [5.74, 6) is -0.866. The van der Waals surface area contributed by atoms with Gasteiger partial charge in [-0.15, -0.1) is 0 Å². The smallest absolute Gasteiger partial charge is 0.276 e. The Bertz CT molecular complexity index is 921. The second kappa shape index (κ2) is 10.8. The summed E-state index contributed by atoms with van der Waals surface area (Å²) in [7, 11) is 0. The third kappa shape index (κ3) is 7.75. The van der Waals surface area contributed by atoms with Crippen molar-refractivity contribution >= 4 is 50.9 Å². The van der Waals surface area contributed by atoms with Crippen LogP contribution < -0.4 is 20.9 Å². The van der Waals surface area contributed by atoms with Crippen LogP contribution in [-0.2, 0) is 14.4 Å². The number of benzene rings is 2. The summed E-state index contributed by atoms with van der Waals surface area (Å²) < 4.78 is 5.95. The minimum Gasteiger partial charge on any atom is -0.483 e. The van der Waals surface area contributed by atoms with Crippen molar-refractivity contribution in [2.24, 2.45) is 0 Å². The van der Waals surface area contributed by atoms with E-state index < -0.39 is 11.8 Å². The van der Waals surface area contributed by atoms with Crippen molar-refractivity contribution in [3.63, 3.8) is 0 Å². The lowest BCUT2D eigenvalue weighted by Crippen LogP contribution is -2.44. The minimum atomic E-state index is -0.542. The molecule has 2 aromatic carbocycles. The molecular weight excluding hydrogens is 462 g/mol. The Morgan fingerprint density at radius 3 is 2.34 bits per heavy atom. The van der Waals surface area contributed by atoms with E-state index in [0.29, 0.717) is 20.9 Å². The van der Waals surface area contributed by atoms with Crippen molar-refractivity contribution in [1.82, 2.24) is 10.9 Å². The maximum atomic E-state index is 12.0. The third-order valence-electron chi connectivity index (χ3n) is 3.83. The number of nitrogens with one attached hydrogen (secondary N) is 3. The first-order chi connectivity index (χ1) is 13.7. The normalized spacial score (nSPS) is 10.2. The van der Waals surface area contributed by atoms with Crippen LogP contribution in [0.5, 0.6) is 5.75 Å². The Hall–Kier alpha value is -2.58. The zero-order valence-corrected chi connectivity index (χ0v) is 18.3. The zero-order chi connectivity index (χ0) is 21.4. The quantitative estimate of drug-likeness (QED) is 0.525. The van der Waals surface area contributed by atoms with Gasteiger partial charge in [-0.2, -0.15) is 0 Å². The van der Waals surface area contributed by atoms with Crippen LogP contribution >= 0.6 is 27.5 Å². The van der Waals surface area contributed by atoms with Gasteiger partial charge in [-0.25, -0.2) is 0 Å². The molecule has 3 N–H and O–H groups in total. The highest BCUT2D eigenvalue weighted by atomic mass is 79.9. The van der Waals surface area contributed by atoms with Gasteiger partial charge in [0.05, 0.1) is 4.47 Å². The maximum absolute atomic E-state index is 12.0. The summed E-state index contributed by atoms with van der Waals surface area (Å²) in [6, 6.07) is 10.6. The molecule has 9 heteroatoms. The molecule has 0 fully saturated rings. The fourth-order valence-corrected chi connectivity index (χ4v) is 3.16. The number of amides is 3. The molecular formula is C20H21BrClN3O4. The molecule has 2 rings (SSSR count). The number of aryl methyl sites for hydroxylation is 2. The topological polar surface area (TPSA) is 96.5 Å². The monoisotopic (exact) mass is 481 g/mol. The lowest BCUT2D eigenvalue weighted by molar-refractivity contribution is -0.130. The molecule has 0 aliphatic heterocycles. The molecule has 0 unspecified atom stereocenters. The van der Waals surface area contributed by atoms with E-state index in [1.54, 1.807) is 18.2 Å². The molecule has 29 heavy (non-hydrogen) atoms. The fraction of sp³-hybridized carbons (Fsp3) is 0.250. The molecule has 0 aliphatic rings. The van der Waals surface area contributed by atoms with E-state index >= 15 is 0 Å². The molecule has 0 aromatic heterocycles. The number of rotatable bonds is 7. The van der Waals surface area contributed by atoms with E-state index in [-0.39, 0.29) is 25.4 Å². The van der Waals surface area contributed by atoms with E-state index in [0.717, 1.165) is 11.1 Å². The predicted octanol–water partition coefficient (Wildman–Crippen LogP) is 3.66. The molecule has 0 saturated carbocycles. The van der Waals surface area contributed by atoms with Gasteiger partial charge in [-0.1, -0.05) is 29.3 Å². The van der Waals surface area contributed by atoms with Gasteiger partial charge in [0.1, 0.15) is 5.75 Å². The van der Waals surface area contributed by atoms with Crippen molar-refractivity contribution in [2.45, 2.75) is 26.7 Å². The number of hydrogen-bond donors (Lipinski definition) is 3. The van der Waals surface area contributed by atoms with E-state index in [9.17, 15) is 14.4 Å². The number of hydrogen-bond acceptors (Lipinski definition) is 4. The molecule has 2 aromatic rings. The maximum Gasteiger partial charge on any atom is 0.276 e. The van der Waals surface area contributed by atoms with Crippen molar-refractivity contribution in [3.8, 4) is 5.75 Å². The number of hydrazine groups is 1. The zero-order valence-electron chi connectivity index (χ0n) is 16.0. The average Bonchev–Trinajstić information content (AvgIpc) is 2.66. The van der Waals surface area contributed by atoms with Crippen LogP contribution in [0.4, 0.5) is 5.69 Å². The van der Waals surface area contributed by atoms with Crippen LogP contribution in [0.1, 0.15) is 24.0 Å². The number of carbonyl (C=O) groups excluding carboxylic acids is 3. The lowest BCUT2D eigenvalue weighted by atomic mass is 10.1. The first-order valence-electron chi connectivity index (χ1n) is 8.77. The largest absolute Gasteiger partial charge is 0.483 e. The standard InChI is InChI=1S/C20H21BrClN3O4/c1-12-3-5-16(13(2)9-12)23-18(26)7-8-19(27)24-25-20(28)11-29-17-6-4-14(22)10-15(17)21/h3-6,9-10H,7-8,11H2,1-2H3,(H,23,26)(H,24,27)(H,25,28). The van der Waals surface area contributed by atoms with Crippen molar-refractivity contribution in [3.05, 3.63) is 57.0 Å². The number of ether oxygens (including phenoxy) is 1. The number of anilines is 1. The van der Waals surface area contributed by atoms with Gasteiger partial charge >= 0.3 is 0 Å². The molecule has 0 saturated heterocycles. The van der Waals surface area contributed by atoms with Gasteiger partial charge in [0.15, 0.2) is 6.61 Å². The van der Waals surface area contributed by atoms with Gasteiger partial charge in [0.25, 0.3) is 5.91 Å². The Labute approximate surface area is 182 Å². The van der Waals surface area contributed by atoms with Crippen LogP contribution in [-0.4, -0.2) is 24.3 Å². The highest BCUT2D eigenvalue weighted by Crippen LogP contribution is 2.27. The first-order valence-corrected chi connectivity index (χ1v) is 9.94. The predicted molar refractivity (Wildman–Crippen MR) is 115 cm³/mol. The SMILES string of the molecule is Cc1ccc(NC(=O)CCC(=O)NNC(=O)COc2ccc(Cl)cc2Br)c(C)c1. The fourth-order valence-electron chi connectivity index (χ4n) is 2.37. The van der Waals surface area contributed by atoms with Crippen LogP contribution in [0.15, 0.2) is 40.9 Å². The van der Waals surface area contributed by atoms with E-state index in [4.69, 9.17) is 16.3 Å². The van der Waals surface area contributed by atoms with Gasteiger partial charge in [0.2, 0.25) is 11.8 Å². The highest BCUT2D eigenvalue weighted by Gasteiger charge is 2.11. The van der Waals surface area contributed by atoms with E-state index in [2.05, 4.69) is 32.1 Å². The van der Waals surface area contributed by atoms with Gasteiger partial charge in [-0.3, -0.25) is 25.2 Å². The average molecular weight is 483 g/mol. The Balaban J connectivity index is 1.68. The Kier molecular flexibility index (Phi) is 8.48. The Morgan fingerprint density at radius 1 is 0.966 bits per heavy atom. The number of carbonyl (C=O) groups is 3. The molecule has 0 bridgehead atoms. The molecule has 154 valence electrons. The van der Waals surface area contributed by atoms with Crippen LogP contribution in [0.2, 0.25) is 5.02 Å². The van der Waals surface area contributed by atoms with Crippen LogP contribution in [0.3, 0.4) is 0 Å². The summed E-state index contributed by atoms with van der Waals surface area (Å²) in [5.41, 5.74) is 7.24. The lowest BCUT2D eigenvalue weighted by Gasteiger charge is -2.11. The molecule has 3 amide bonds. The molecule has 0 heterocycles. The second-order valence-corrected chi connectivity index (χ2v) is 7.62. The van der Waals surface area contributed by atoms with Crippen LogP contribution in [0.25, 0.3) is 0 Å². The minimum absolute atomic E-state index is 0.0107. The molecule has 0 radical (unpaired) electrons. The van der Waals surface area contributed by atoms with Crippen molar-refractivity contribution < 1.29 is 19.1 Å². The summed E-state index contributed by atoms with van der Waals surface area (Å²) in [6.07, 6.45) is -0.0795. The van der Waals surface area contributed by atoms with Gasteiger partial charge in [-0.05, 0) is 59.6 Å². The van der Waals surface area contributed by atoms with Gasteiger partial charge in [0, 0.05) is 23.6 Å². The second-order valence-electron chi connectivity index (χ2n) is 6.33.